The van der Waals surface area contributed by atoms with E-state index < -0.39 is 0 Å². The molecule has 3 rings (SSSR count). The van der Waals surface area contributed by atoms with Crippen molar-refractivity contribution in [3.05, 3.63) is 60.2 Å². The van der Waals surface area contributed by atoms with Gasteiger partial charge >= 0.3 is 0 Å². The monoisotopic (exact) mass is 281 g/mol. The molecule has 0 aromatic heterocycles. The summed E-state index contributed by atoms with van der Waals surface area (Å²) < 4.78 is 5.52. The second kappa shape index (κ2) is 6.55. The Morgan fingerprint density at radius 2 is 1.90 bits per heavy atom. The van der Waals surface area contributed by atoms with Crippen molar-refractivity contribution in [3.8, 4) is 11.1 Å². The highest BCUT2D eigenvalue weighted by molar-refractivity contribution is 5.95. The molecule has 21 heavy (non-hydrogen) atoms. The fourth-order valence-electron chi connectivity index (χ4n) is 2.58. The Labute approximate surface area is 124 Å². The average molecular weight is 281 g/mol. The summed E-state index contributed by atoms with van der Waals surface area (Å²) in [5, 5.41) is 2.96. The summed E-state index contributed by atoms with van der Waals surface area (Å²) in [6.07, 6.45) is 2.29. The van der Waals surface area contributed by atoms with E-state index in [1.165, 1.54) is 0 Å². The molecule has 0 saturated carbocycles. The van der Waals surface area contributed by atoms with Crippen molar-refractivity contribution in [2.24, 2.45) is 0 Å². The third-order valence-corrected chi connectivity index (χ3v) is 3.75. The molecule has 2 aromatic carbocycles. The second-order valence-electron chi connectivity index (χ2n) is 5.29. The normalized spacial score (nSPS) is 17.6. The first-order chi connectivity index (χ1) is 10.3. The van der Waals surface area contributed by atoms with Crippen molar-refractivity contribution in [1.29, 1.82) is 0 Å². The Kier molecular flexibility index (Phi) is 4.31. The first-order valence-corrected chi connectivity index (χ1v) is 7.38. The molecule has 1 unspecified atom stereocenters. The lowest BCUT2D eigenvalue weighted by Gasteiger charge is -2.11. The Bertz CT molecular complexity index is 604. The molecule has 1 N–H and O–H groups in total. The molecule has 0 bridgehead atoms. The zero-order valence-electron chi connectivity index (χ0n) is 11.9. The highest BCUT2D eigenvalue weighted by atomic mass is 16.5. The van der Waals surface area contributed by atoms with Gasteiger partial charge in [0, 0.05) is 18.7 Å². The molecule has 1 saturated heterocycles. The predicted molar refractivity (Wildman–Crippen MR) is 83.2 cm³/mol. The Balaban J connectivity index is 1.69. The van der Waals surface area contributed by atoms with Gasteiger partial charge in [-0.25, -0.2) is 0 Å². The van der Waals surface area contributed by atoms with Crippen molar-refractivity contribution in [1.82, 2.24) is 5.32 Å². The summed E-state index contributed by atoms with van der Waals surface area (Å²) in [4.78, 5) is 12.2. The van der Waals surface area contributed by atoms with Crippen LogP contribution in [0.25, 0.3) is 11.1 Å². The van der Waals surface area contributed by atoms with E-state index in [0.717, 1.165) is 30.6 Å². The van der Waals surface area contributed by atoms with Crippen LogP contribution in [-0.2, 0) is 4.74 Å². The number of benzene rings is 2. The van der Waals surface area contributed by atoms with E-state index in [2.05, 4.69) is 5.32 Å². The maximum absolute atomic E-state index is 12.2. The molecule has 1 fully saturated rings. The van der Waals surface area contributed by atoms with Gasteiger partial charge in [-0.05, 0) is 36.1 Å². The minimum atomic E-state index is -0.0386. The Hall–Kier alpha value is -2.13. The lowest BCUT2D eigenvalue weighted by atomic mass is 10.0. The number of carbonyl (C=O) groups excluding carboxylic acids is 1. The van der Waals surface area contributed by atoms with Gasteiger partial charge in [0.05, 0.1) is 6.10 Å². The standard InChI is InChI=1S/C18H19NO2/c20-18(19-13-17-10-5-11-21-17)16-9-4-8-15(12-16)14-6-2-1-3-7-14/h1-4,6-9,12,17H,5,10-11,13H2,(H,19,20). The minimum absolute atomic E-state index is 0.0386. The SMILES string of the molecule is O=C(NCC1CCCO1)c1cccc(-c2ccccc2)c1. The fourth-order valence-corrected chi connectivity index (χ4v) is 2.58. The number of hydrogen-bond acceptors (Lipinski definition) is 2. The first kappa shape index (κ1) is 13.8. The third-order valence-electron chi connectivity index (χ3n) is 3.75. The number of hydrogen-bond donors (Lipinski definition) is 1. The van der Waals surface area contributed by atoms with Crippen LogP contribution < -0.4 is 5.32 Å². The van der Waals surface area contributed by atoms with Crippen molar-refractivity contribution in [2.45, 2.75) is 18.9 Å². The minimum Gasteiger partial charge on any atom is -0.376 e. The summed E-state index contributed by atoms with van der Waals surface area (Å²) >= 11 is 0. The molecular weight excluding hydrogens is 262 g/mol. The molecule has 1 amide bonds. The van der Waals surface area contributed by atoms with Gasteiger partial charge in [-0.1, -0.05) is 42.5 Å². The molecule has 2 aromatic rings. The van der Waals surface area contributed by atoms with E-state index in [1.807, 2.05) is 54.6 Å². The Morgan fingerprint density at radius 3 is 2.67 bits per heavy atom. The van der Waals surface area contributed by atoms with Gasteiger partial charge in [0.2, 0.25) is 0 Å². The molecule has 1 aliphatic heterocycles. The third kappa shape index (κ3) is 3.50. The molecular formula is C18H19NO2. The van der Waals surface area contributed by atoms with E-state index in [4.69, 9.17) is 4.74 Å². The van der Waals surface area contributed by atoms with E-state index in [1.54, 1.807) is 0 Å². The van der Waals surface area contributed by atoms with Crippen molar-refractivity contribution in [2.75, 3.05) is 13.2 Å². The molecule has 1 atom stereocenters. The molecule has 0 spiro atoms. The van der Waals surface area contributed by atoms with E-state index in [9.17, 15) is 4.79 Å². The highest BCUT2D eigenvalue weighted by Crippen LogP contribution is 2.20. The lowest BCUT2D eigenvalue weighted by Crippen LogP contribution is -2.31. The van der Waals surface area contributed by atoms with Crippen LogP contribution in [0, 0.1) is 0 Å². The molecule has 1 heterocycles. The van der Waals surface area contributed by atoms with Crippen LogP contribution in [0.3, 0.4) is 0 Å². The Morgan fingerprint density at radius 1 is 1.10 bits per heavy atom. The second-order valence-corrected chi connectivity index (χ2v) is 5.29. The zero-order chi connectivity index (χ0) is 14.5. The van der Waals surface area contributed by atoms with Crippen LogP contribution in [0.1, 0.15) is 23.2 Å². The molecule has 0 radical (unpaired) electrons. The average Bonchev–Trinajstić information content (AvgIpc) is 3.07. The smallest absolute Gasteiger partial charge is 0.251 e. The zero-order valence-corrected chi connectivity index (χ0v) is 11.9. The number of nitrogens with one attached hydrogen (secondary N) is 1. The summed E-state index contributed by atoms with van der Waals surface area (Å²) in [5.41, 5.74) is 2.86. The van der Waals surface area contributed by atoms with Crippen LogP contribution in [0.4, 0.5) is 0 Å². The van der Waals surface area contributed by atoms with E-state index in [-0.39, 0.29) is 12.0 Å². The van der Waals surface area contributed by atoms with Crippen LogP contribution in [0.2, 0.25) is 0 Å². The van der Waals surface area contributed by atoms with Crippen LogP contribution in [-0.4, -0.2) is 25.2 Å². The summed E-state index contributed by atoms with van der Waals surface area (Å²) in [6, 6.07) is 17.8. The number of amides is 1. The van der Waals surface area contributed by atoms with Gasteiger partial charge in [0.25, 0.3) is 5.91 Å². The molecule has 3 nitrogen and oxygen atoms in total. The fraction of sp³-hybridized carbons (Fsp3) is 0.278. The molecule has 0 aliphatic carbocycles. The number of carbonyl (C=O) groups is 1. The van der Waals surface area contributed by atoms with Crippen LogP contribution >= 0.6 is 0 Å². The maximum Gasteiger partial charge on any atom is 0.251 e. The van der Waals surface area contributed by atoms with Crippen molar-refractivity contribution in [3.63, 3.8) is 0 Å². The summed E-state index contributed by atoms with van der Waals surface area (Å²) in [5.74, 6) is -0.0386. The molecule has 3 heteroatoms. The summed E-state index contributed by atoms with van der Waals surface area (Å²) in [6.45, 7) is 1.40. The van der Waals surface area contributed by atoms with Crippen molar-refractivity contribution < 1.29 is 9.53 Å². The van der Waals surface area contributed by atoms with Crippen LogP contribution in [0.15, 0.2) is 54.6 Å². The lowest BCUT2D eigenvalue weighted by molar-refractivity contribution is 0.0858. The number of rotatable bonds is 4. The molecule has 1 aliphatic rings. The largest absolute Gasteiger partial charge is 0.376 e. The van der Waals surface area contributed by atoms with Gasteiger partial charge < -0.3 is 10.1 Å². The van der Waals surface area contributed by atoms with E-state index >= 15 is 0 Å². The van der Waals surface area contributed by atoms with Gasteiger partial charge in [0.15, 0.2) is 0 Å². The predicted octanol–water partition coefficient (Wildman–Crippen LogP) is 3.26. The van der Waals surface area contributed by atoms with E-state index in [0.29, 0.717) is 12.1 Å². The topological polar surface area (TPSA) is 38.3 Å². The number of ether oxygens (including phenoxy) is 1. The van der Waals surface area contributed by atoms with Gasteiger partial charge in [0.1, 0.15) is 0 Å². The van der Waals surface area contributed by atoms with Crippen LogP contribution in [0.5, 0.6) is 0 Å². The summed E-state index contributed by atoms with van der Waals surface area (Å²) in [7, 11) is 0. The van der Waals surface area contributed by atoms with Gasteiger partial charge in [-0.3, -0.25) is 4.79 Å². The quantitative estimate of drug-likeness (QED) is 0.934. The highest BCUT2D eigenvalue weighted by Gasteiger charge is 2.16. The maximum atomic E-state index is 12.2. The van der Waals surface area contributed by atoms with Gasteiger partial charge in [-0.15, -0.1) is 0 Å². The van der Waals surface area contributed by atoms with Crippen molar-refractivity contribution >= 4 is 5.91 Å². The first-order valence-electron chi connectivity index (χ1n) is 7.38. The molecule has 108 valence electrons. The van der Waals surface area contributed by atoms with Gasteiger partial charge in [-0.2, -0.15) is 0 Å².